The Morgan fingerprint density at radius 2 is 1.79 bits per heavy atom. The van der Waals surface area contributed by atoms with Crippen molar-refractivity contribution in [2.24, 2.45) is 0 Å². The Balaban J connectivity index is 1.96. The Morgan fingerprint density at radius 3 is 2.41 bits per heavy atom. The molecule has 9 heteroatoms. The van der Waals surface area contributed by atoms with E-state index >= 15 is 0 Å². The van der Waals surface area contributed by atoms with Gasteiger partial charge in [0.15, 0.2) is 0 Å². The predicted molar refractivity (Wildman–Crippen MR) is 107 cm³/mol. The number of ether oxygens (including phenoxy) is 1. The summed E-state index contributed by atoms with van der Waals surface area (Å²) < 4.78 is 17.7. The second kappa shape index (κ2) is 10.8. The lowest BCUT2D eigenvalue weighted by Gasteiger charge is -2.22. The van der Waals surface area contributed by atoms with Crippen LogP contribution in [0.3, 0.4) is 0 Å². The lowest BCUT2D eigenvalue weighted by molar-refractivity contribution is -0.147. The quantitative estimate of drug-likeness (QED) is 0.637. The van der Waals surface area contributed by atoms with Gasteiger partial charge in [-0.2, -0.15) is 0 Å². The van der Waals surface area contributed by atoms with Crippen molar-refractivity contribution < 1.29 is 23.5 Å². The van der Waals surface area contributed by atoms with Gasteiger partial charge in [0.25, 0.3) is 5.91 Å². The molecule has 2 aromatic carbocycles. The van der Waals surface area contributed by atoms with E-state index < -0.39 is 17.7 Å². The molecule has 6 nitrogen and oxygen atoms in total. The fourth-order valence-electron chi connectivity index (χ4n) is 2.47. The molecule has 2 amide bonds. The van der Waals surface area contributed by atoms with Gasteiger partial charge in [0, 0.05) is 24.5 Å². The summed E-state index contributed by atoms with van der Waals surface area (Å²) in [7, 11) is 1.24. The van der Waals surface area contributed by atoms with Crippen molar-refractivity contribution in [2.45, 2.75) is 13.0 Å². The van der Waals surface area contributed by atoms with Crippen LogP contribution in [0.4, 0.5) is 4.39 Å². The first-order chi connectivity index (χ1) is 13.8. The lowest BCUT2D eigenvalue weighted by atomic mass is 10.2. The van der Waals surface area contributed by atoms with E-state index in [1.54, 1.807) is 24.3 Å². The van der Waals surface area contributed by atoms with Crippen molar-refractivity contribution in [3.63, 3.8) is 0 Å². The maximum atomic E-state index is 13.1. The summed E-state index contributed by atoms with van der Waals surface area (Å²) in [4.78, 5) is 37.7. The maximum Gasteiger partial charge on any atom is 0.325 e. The molecule has 2 aromatic rings. The highest BCUT2D eigenvalue weighted by Crippen LogP contribution is 2.17. The average Bonchev–Trinajstić information content (AvgIpc) is 2.68. The predicted octanol–water partition coefficient (Wildman–Crippen LogP) is 3.45. The normalized spacial score (nSPS) is 10.3. The van der Waals surface area contributed by atoms with Gasteiger partial charge in [0.05, 0.1) is 17.7 Å². The third kappa shape index (κ3) is 7.03. The molecule has 0 heterocycles. The molecule has 29 heavy (non-hydrogen) atoms. The van der Waals surface area contributed by atoms with Crippen molar-refractivity contribution in [3.8, 4) is 0 Å². The number of nitrogens with zero attached hydrogens (tertiary/aromatic N) is 1. The van der Waals surface area contributed by atoms with Crippen LogP contribution < -0.4 is 5.32 Å². The van der Waals surface area contributed by atoms with Crippen molar-refractivity contribution in [2.75, 3.05) is 20.2 Å². The highest BCUT2D eigenvalue weighted by atomic mass is 35.5. The molecule has 2 rings (SSSR count). The number of nitrogens with one attached hydrogen (secondary N) is 1. The highest BCUT2D eigenvalue weighted by Gasteiger charge is 2.19. The Hall–Kier alpha value is -2.64. The fourth-order valence-corrected chi connectivity index (χ4v) is 2.85. The van der Waals surface area contributed by atoms with Gasteiger partial charge in [-0.25, -0.2) is 4.39 Å². The van der Waals surface area contributed by atoms with Crippen LogP contribution in [0.5, 0.6) is 0 Å². The molecule has 0 atom stereocenters. The molecule has 0 aliphatic rings. The van der Waals surface area contributed by atoms with Gasteiger partial charge in [0.2, 0.25) is 5.91 Å². The summed E-state index contributed by atoms with van der Waals surface area (Å²) in [6.07, 6.45) is -0.0465. The fraction of sp³-hybridized carbons (Fsp3) is 0.250. The van der Waals surface area contributed by atoms with E-state index in [4.69, 9.17) is 23.2 Å². The molecule has 0 saturated heterocycles. The van der Waals surface area contributed by atoms with Gasteiger partial charge < -0.3 is 15.0 Å². The van der Waals surface area contributed by atoms with Crippen molar-refractivity contribution >= 4 is 41.0 Å². The number of halogens is 3. The largest absolute Gasteiger partial charge is 0.468 e. The van der Waals surface area contributed by atoms with Gasteiger partial charge in [-0.3, -0.25) is 14.4 Å². The van der Waals surface area contributed by atoms with Gasteiger partial charge in [0.1, 0.15) is 12.4 Å². The zero-order valence-corrected chi connectivity index (χ0v) is 17.1. The van der Waals surface area contributed by atoms with Gasteiger partial charge in [-0.1, -0.05) is 35.3 Å². The number of esters is 1. The van der Waals surface area contributed by atoms with Crippen LogP contribution in [0.15, 0.2) is 42.5 Å². The van der Waals surface area contributed by atoms with Crippen LogP contribution in [0.25, 0.3) is 0 Å². The van der Waals surface area contributed by atoms with Crippen LogP contribution in [0.2, 0.25) is 10.0 Å². The van der Waals surface area contributed by atoms with Crippen molar-refractivity contribution in [1.29, 1.82) is 0 Å². The molecule has 0 bridgehead atoms. The highest BCUT2D eigenvalue weighted by molar-refractivity contribution is 6.33. The molecule has 0 aromatic heterocycles. The molecular formula is C20H19Cl2FN2O4. The Bertz CT molecular complexity index is 891. The number of hydrogen-bond acceptors (Lipinski definition) is 4. The molecule has 0 fully saturated rings. The molecule has 0 radical (unpaired) electrons. The third-order valence-electron chi connectivity index (χ3n) is 3.99. The van der Waals surface area contributed by atoms with Crippen LogP contribution in [-0.4, -0.2) is 42.9 Å². The number of amides is 2. The summed E-state index contributed by atoms with van der Waals surface area (Å²) in [6, 6.07) is 10.3. The molecule has 154 valence electrons. The third-order valence-corrected chi connectivity index (χ3v) is 4.55. The average molecular weight is 441 g/mol. The molecule has 0 spiro atoms. The number of hydrogen-bond donors (Lipinski definition) is 1. The van der Waals surface area contributed by atoms with Gasteiger partial charge in [-0.15, -0.1) is 0 Å². The van der Waals surface area contributed by atoms with E-state index in [-0.39, 0.29) is 42.5 Å². The number of methoxy groups -OCH3 is 1. The van der Waals surface area contributed by atoms with E-state index in [0.29, 0.717) is 5.02 Å². The molecule has 0 saturated carbocycles. The van der Waals surface area contributed by atoms with Crippen LogP contribution in [-0.2, 0) is 20.9 Å². The first kappa shape index (κ1) is 22.6. The van der Waals surface area contributed by atoms with Crippen LogP contribution in [0, 0.1) is 5.82 Å². The monoisotopic (exact) mass is 440 g/mol. The Morgan fingerprint density at radius 1 is 1.10 bits per heavy atom. The summed E-state index contributed by atoms with van der Waals surface area (Å²) in [5.74, 6) is -1.99. The first-order valence-electron chi connectivity index (χ1n) is 8.62. The number of rotatable bonds is 8. The Kier molecular flexibility index (Phi) is 8.42. The van der Waals surface area contributed by atoms with E-state index in [2.05, 4.69) is 10.1 Å². The molecule has 0 unspecified atom stereocenters. The van der Waals surface area contributed by atoms with Crippen LogP contribution in [0.1, 0.15) is 22.3 Å². The Labute approximate surface area is 177 Å². The second-order valence-corrected chi connectivity index (χ2v) is 6.93. The molecule has 0 aliphatic heterocycles. The van der Waals surface area contributed by atoms with Gasteiger partial charge in [-0.05, 0) is 35.9 Å². The minimum absolute atomic E-state index is 0.0175. The molecule has 0 aliphatic carbocycles. The minimum atomic E-state index is -0.561. The van der Waals surface area contributed by atoms with Crippen LogP contribution >= 0.6 is 23.2 Å². The van der Waals surface area contributed by atoms with E-state index in [0.717, 1.165) is 17.7 Å². The summed E-state index contributed by atoms with van der Waals surface area (Å²) in [5.41, 5.74) is 0.891. The maximum absolute atomic E-state index is 13.1. The minimum Gasteiger partial charge on any atom is -0.468 e. The zero-order chi connectivity index (χ0) is 21.4. The zero-order valence-electron chi connectivity index (χ0n) is 15.6. The molecular weight excluding hydrogens is 422 g/mol. The number of carbonyl (C=O) groups excluding carboxylic acids is 3. The van der Waals surface area contributed by atoms with E-state index in [9.17, 15) is 18.8 Å². The summed E-state index contributed by atoms with van der Waals surface area (Å²) in [6.45, 7) is -0.0256. The standard InChI is InChI=1S/C20H19Cl2FN2O4/c1-29-19(27)12-25(11-13-2-4-14(21)5-3-13)18(26)8-9-24-20(28)16-7-6-15(23)10-17(16)22/h2-7,10H,8-9,11-12H2,1H3,(H,24,28). The van der Waals surface area contributed by atoms with E-state index in [1.807, 2.05) is 0 Å². The SMILES string of the molecule is COC(=O)CN(Cc1ccc(Cl)cc1)C(=O)CCNC(=O)c1ccc(F)cc1Cl. The van der Waals surface area contributed by atoms with E-state index in [1.165, 1.54) is 18.1 Å². The number of benzene rings is 2. The number of carbonyl (C=O) groups is 3. The topological polar surface area (TPSA) is 75.7 Å². The van der Waals surface area contributed by atoms with Crippen molar-refractivity contribution in [3.05, 3.63) is 69.5 Å². The molecule has 1 N–H and O–H groups in total. The second-order valence-electron chi connectivity index (χ2n) is 6.08. The van der Waals surface area contributed by atoms with Gasteiger partial charge >= 0.3 is 5.97 Å². The first-order valence-corrected chi connectivity index (χ1v) is 9.38. The lowest BCUT2D eigenvalue weighted by Crippen LogP contribution is -2.38. The van der Waals surface area contributed by atoms with Crippen molar-refractivity contribution in [1.82, 2.24) is 10.2 Å². The summed E-state index contributed by atoms with van der Waals surface area (Å²) >= 11 is 11.7. The summed E-state index contributed by atoms with van der Waals surface area (Å²) in [5, 5.41) is 3.09. The smallest absolute Gasteiger partial charge is 0.325 e.